The molecular formula is C14H17NO3. The Balaban J connectivity index is 2.08. The summed E-state index contributed by atoms with van der Waals surface area (Å²) in [5.74, 6) is 3.32. The van der Waals surface area contributed by atoms with Crippen LogP contribution in [-0.4, -0.2) is 14.2 Å². The molecule has 0 bridgehead atoms. The quantitative estimate of drug-likeness (QED) is 0.881. The Labute approximate surface area is 107 Å². The molecule has 1 aromatic carbocycles. The van der Waals surface area contributed by atoms with Gasteiger partial charge in [-0.2, -0.15) is 0 Å². The summed E-state index contributed by atoms with van der Waals surface area (Å²) in [6, 6.07) is 9.57. The molecule has 0 aliphatic heterocycles. The zero-order valence-corrected chi connectivity index (χ0v) is 10.8. The van der Waals surface area contributed by atoms with Gasteiger partial charge in [-0.1, -0.05) is 0 Å². The highest BCUT2D eigenvalue weighted by atomic mass is 16.5. The first kappa shape index (κ1) is 12.4. The minimum absolute atomic E-state index is 0.629. The molecule has 0 fully saturated rings. The van der Waals surface area contributed by atoms with E-state index in [0.717, 1.165) is 28.7 Å². The Kier molecular flexibility index (Phi) is 3.77. The minimum atomic E-state index is 0.629. The van der Waals surface area contributed by atoms with Crippen molar-refractivity contribution >= 4 is 5.69 Å². The first-order chi connectivity index (χ1) is 8.71. The third kappa shape index (κ3) is 2.97. The van der Waals surface area contributed by atoms with Crippen molar-refractivity contribution in [2.75, 3.05) is 19.5 Å². The molecule has 0 unspecified atom stereocenters. The van der Waals surface area contributed by atoms with Crippen LogP contribution >= 0.6 is 0 Å². The fourth-order valence-corrected chi connectivity index (χ4v) is 1.68. The Morgan fingerprint density at radius 1 is 1.06 bits per heavy atom. The molecular weight excluding hydrogens is 230 g/mol. The SMILES string of the molecule is COc1cc(NCc2ccc(C)o2)cc(OC)c1. The number of hydrogen-bond donors (Lipinski definition) is 1. The maximum atomic E-state index is 5.49. The van der Waals surface area contributed by atoms with Crippen LogP contribution in [0.1, 0.15) is 11.5 Å². The second kappa shape index (κ2) is 5.49. The summed E-state index contributed by atoms with van der Waals surface area (Å²) >= 11 is 0. The van der Waals surface area contributed by atoms with Gasteiger partial charge in [0.25, 0.3) is 0 Å². The topological polar surface area (TPSA) is 43.6 Å². The lowest BCUT2D eigenvalue weighted by atomic mass is 10.2. The van der Waals surface area contributed by atoms with E-state index >= 15 is 0 Å². The molecule has 1 N–H and O–H groups in total. The molecule has 0 radical (unpaired) electrons. The Bertz CT molecular complexity index is 497. The van der Waals surface area contributed by atoms with Crippen LogP contribution in [0.15, 0.2) is 34.7 Å². The van der Waals surface area contributed by atoms with Gasteiger partial charge < -0.3 is 19.2 Å². The van der Waals surface area contributed by atoms with E-state index in [4.69, 9.17) is 13.9 Å². The summed E-state index contributed by atoms with van der Waals surface area (Å²) in [5.41, 5.74) is 0.931. The zero-order chi connectivity index (χ0) is 13.0. The smallest absolute Gasteiger partial charge is 0.124 e. The number of benzene rings is 1. The molecule has 0 spiro atoms. The predicted molar refractivity (Wildman–Crippen MR) is 70.3 cm³/mol. The molecule has 18 heavy (non-hydrogen) atoms. The second-order valence-electron chi connectivity index (χ2n) is 3.97. The van der Waals surface area contributed by atoms with E-state index in [0.29, 0.717) is 6.54 Å². The van der Waals surface area contributed by atoms with Crippen LogP contribution in [0.5, 0.6) is 11.5 Å². The molecule has 0 amide bonds. The molecule has 1 heterocycles. The van der Waals surface area contributed by atoms with Crippen molar-refractivity contribution in [2.45, 2.75) is 13.5 Å². The third-order valence-electron chi connectivity index (χ3n) is 2.61. The van der Waals surface area contributed by atoms with Gasteiger partial charge in [-0.15, -0.1) is 0 Å². The van der Waals surface area contributed by atoms with E-state index in [1.54, 1.807) is 14.2 Å². The zero-order valence-electron chi connectivity index (χ0n) is 10.8. The standard InChI is InChI=1S/C14H17NO3/c1-10-4-5-12(18-10)9-15-11-6-13(16-2)8-14(7-11)17-3/h4-8,15H,9H2,1-3H3. The van der Waals surface area contributed by atoms with Crippen LogP contribution < -0.4 is 14.8 Å². The van der Waals surface area contributed by atoms with Crippen molar-refractivity contribution in [3.63, 3.8) is 0 Å². The maximum Gasteiger partial charge on any atom is 0.124 e. The first-order valence-electron chi connectivity index (χ1n) is 5.73. The van der Waals surface area contributed by atoms with Crippen molar-refractivity contribution in [1.29, 1.82) is 0 Å². The molecule has 0 aliphatic rings. The second-order valence-corrected chi connectivity index (χ2v) is 3.97. The highest BCUT2D eigenvalue weighted by Crippen LogP contribution is 2.26. The van der Waals surface area contributed by atoms with Gasteiger partial charge in [0.1, 0.15) is 23.0 Å². The van der Waals surface area contributed by atoms with Gasteiger partial charge in [0.2, 0.25) is 0 Å². The summed E-state index contributed by atoms with van der Waals surface area (Å²) in [6.45, 7) is 2.56. The summed E-state index contributed by atoms with van der Waals surface area (Å²) in [6.07, 6.45) is 0. The van der Waals surface area contributed by atoms with E-state index in [2.05, 4.69) is 5.32 Å². The van der Waals surface area contributed by atoms with Crippen LogP contribution in [0.4, 0.5) is 5.69 Å². The van der Waals surface area contributed by atoms with Gasteiger partial charge in [-0.25, -0.2) is 0 Å². The number of nitrogens with one attached hydrogen (secondary N) is 1. The molecule has 0 saturated carbocycles. The molecule has 2 rings (SSSR count). The average molecular weight is 247 g/mol. The van der Waals surface area contributed by atoms with Gasteiger partial charge in [0.15, 0.2) is 0 Å². The number of rotatable bonds is 5. The fraction of sp³-hybridized carbons (Fsp3) is 0.286. The summed E-state index contributed by atoms with van der Waals surface area (Å²) < 4.78 is 15.9. The Morgan fingerprint density at radius 2 is 1.72 bits per heavy atom. The van der Waals surface area contributed by atoms with E-state index < -0.39 is 0 Å². The van der Waals surface area contributed by atoms with Crippen LogP contribution in [0.25, 0.3) is 0 Å². The summed E-state index contributed by atoms with van der Waals surface area (Å²) in [7, 11) is 3.27. The molecule has 4 nitrogen and oxygen atoms in total. The number of anilines is 1. The van der Waals surface area contributed by atoms with Crippen molar-refractivity contribution in [1.82, 2.24) is 0 Å². The number of hydrogen-bond acceptors (Lipinski definition) is 4. The van der Waals surface area contributed by atoms with Gasteiger partial charge in [-0.05, 0) is 19.1 Å². The van der Waals surface area contributed by atoms with Crippen molar-refractivity contribution in [3.05, 3.63) is 41.9 Å². The number of furan rings is 1. The first-order valence-corrected chi connectivity index (χ1v) is 5.73. The van der Waals surface area contributed by atoms with Crippen molar-refractivity contribution in [2.24, 2.45) is 0 Å². The van der Waals surface area contributed by atoms with E-state index in [-0.39, 0.29) is 0 Å². The van der Waals surface area contributed by atoms with Gasteiger partial charge in [0, 0.05) is 23.9 Å². The van der Waals surface area contributed by atoms with Crippen LogP contribution in [0.3, 0.4) is 0 Å². The molecule has 2 aromatic rings. The number of methoxy groups -OCH3 is 2. The van der Waals surface area contributed by atoms with Crippen molar-refractivity contribution < 1.29 is 13.9 Å². The average Bonchev–Trinajstić information content (AvgIpc) is 2.81. The van der Waals surface area contributed by atoms with E-state index in [1.807, 2.05) is 37.3 Å². The van der Waals surface area contributed by atoms with Crippen LogP contribution in [0, 0.1) is 6.92 Å². The summed E-state index contributed by atoms with van der Waals surface area (Å²) in [5, 5.41) is 3.27. The summed E-state index contributed by atoms with van der Waals surface area (Å²) in [4.78, 5) is 0. The molecule has 4 heteroatoms. The number of ether oxygens (including phenoxy) is 2. The molecule has 1 aromatic heterocycles. The monoisotopic (exact) mass is 247 g/mol. The number of aryl methyl sites for hydroxylation is 1. The predicted octanol–water partition coefficient (Wildman–Crippen LogP) is 3.22. The van der Waals surface area contributed by atoms with Crippen LogP contribution in [-0.2, 0) is 6.54 Å². The third-order valence-corrected chi connectivity index (χ3v) is 2.61. The molecule has 96 valence electrons. The minimum Gasteiger partial charge on any atom is -0.497 e. The fourth-order valence-electron chi connectivity index (χ4n) is 1.68. The Morgan fingerprint density at radius 3 is 2.22 bits per heavy atom. The normalized spacial score (nSPS) is 10.2. The molecule has 0 saturated heterocycles. The van der Waals surface area contributed by atoms with Crippen LogP contribution in [0.2, 0.25) is 0 Å². The van der Waals surface area contributed by atoms with Gasteiger partial charge >= 0.3 is 0 Å². The van der Waals surface area contributed by atoms with E-state index in [1.165, 1.54) is 0 Å². The highest BCUT2D eigenvalue weighted by molar-refractivity contribution is 5.53. The molecule has 0 atom stereocenters. The Hall–Kier alpha value is -2.10. The maximum absolute atomic E-state index is 5.49. The lowest BCUT2D eigenvalue weighted by Crippen LogP contribution is -1.99. The van der Waals surface area contributed by atoms with E-state index in [9.17, 15) is 0 Å². The van der Waals surface area contributed by atoms with Crippen molar-refractivity contribution in [3.8, 4) is 11.5 Å². The van der Waals surface area contributed by atoms with Gasteiger partial charge in [-0.3, -0.25) is 0 Å². The van der Waals surface area contributed by atoms with Gasteiger partial charge in [0.05, 0.1) is 20.8 Å². The highest BCUT2D eigenvalue weighted by Gasteiger charge is 2.03. The lowest BCUT2D eigenvalue weighted by molar-refractivity contribution is 0.394. The molecule has 0 aliphatic carbocycles. The lowest BCUT2D eigenvalue weighted by Gasteiger charge is -2.09. The largest absolute Gasteiger partial charge is 0.497 e.